The van der Waals surface area contributed by atoms with Gasteiger partial charge in [0.25, 0.3) is 11.1 Å². The minimum absolute atomic E-state index is 0.0375. The number of halogens is 2. The van der Waals surface area contributed by atoms with E-state index >= 15 is 0 Å². The first-order chi connectivity index (χ1) is 17.9. The van der Waals surface area contributed by atoms with Crippen LogP contribution in [0.5, 0.6) is 11.5 Å². The highest BCUT2D eigenvalue weighted by Crippen LogP contribution is 2.29. The largest absolute Gasteiger partial charge is 0.497 e. The molecule has 194 valence electrons. The Bertz CT molecular complexity index is 1560. The van der Waals surface area contributed by atoms with Gasteiger partial charge in [0.1, 0.15) is 17.8 Å². The summed E-state index contributed by atoms with van der Waals surface area (Å²) in [6, 6.07) is 13.8. The zero-order valence-electron chi connectivity index (χ0n) is 20.1. The molecule has 0 radical (unpaired) electrons. The van der Waals surface area contributed by atoms with E-state index in [-0.39, 0.29) is 24.0 Å². The third-order valence-corrected chi connectivity index (χ3v) is 7.12. The molecule has 0 unspecified atom stereocenters. The number of nitrogens with zero attached hydrogens (tertiary/aromatic N) is 2. The van der Waals surface area contributed by atoms with Crippen LogP contribution in [0.25, 0.3) is 21.8 Å². The van der Waals surface area contributed by atoms with Crippen molar-refractivity contribution in [1.29, 1.82) is 0 Å². The Morgan fingerprint density at radius 1 is 0.838 bits per heavy atom. The summed E-state index contributed by atoms with van der Waals surface area (Å²) < 4.78 is 26.0. The summed E-state index contributed by atoms with van der Waals surface area (Å²) in [6.07, 6.45) is 0.331. The molecule has 0 spiro atoms. The van der Waals surface area contributed by atoms with Gasteiger partial charge in [0.15, 0.2) is 6.29 Å². The van der Waals surface area contributed by atoms with Crippen LogP contribution in [-0.4, -0.2) is 49.1 Å². The Morgan fingerprint density at radius 3 is 1.81 bits per heavy atom. The molecule has 0 amide bonds. The molecule has 3 heterocycles. The van der Waals surface area contributed by atoms with Crippen LogP contribution < -0.4 is 20.6 Å². The molecule has 0 aliphatic carbocycles. The lowest BCUT2D eigenvalue weighted by molar-refractivity contribution is -0.108. The topological polar surface area (TPSA) is 98.0 Å². The van der Waals surface area contributed by atoms with E-state index < -0.39 is 0 Å². The van der Waals surface area contributed by atoms with Crippen molar-refractivity contribution in [3.8, 4) is 11.5 Å². The molecular weight excluding hydrogens is 612 g/mol. The normalized spacial score (nSPS) is 13.4. The van der Waals surface area contributed by atoms with E-state index in [1.165, 1.54) is 10.6 Å². The van der Waals surface area contributed by atoms with Gasteiger partial charge >= 0.3 is 0 Å². The van der Waals surface area contributed by atoms with Crippen molar-refractivity contribution in [2.24, 2.45) is 0 Å². The fraction of sp³-hybridized carbons (Fsp3) is 0.269. The molecule has 1 aliphatic heterocycles. The molecule has 0 saturated carbocycles. The van der Waals surface area contributed by atoms with Crippen molar-refractivity contribution in [2.75, 3.05) is 27.4 Å². The van der Waals surface area contributed by atoms with Gasteiger partial charge in [-0.15, -0.1) is 0 Å². The van der Waals surface area contributed by atoms with Crippen LogP contribution in [0.1, 0.15) is 0 Å². The average molecular weight is 636 g/mol. The highest BCUT2D eigenvalue weighted by atomic mass is 79.9. The van der Waals surface area contributed by atoms with Crippen LogP contribution in [0.3, 0.4) is 0 Å². The molecule has 9 nitrogen and oxygen atoms in total. The number of hydrogen-bond donors (Lipinski definition) is 0. The summed E-state index contributed by atoms with van der Waals surface area (Å²) in [5, 5.41) is 1.82. The van der Waals surface area contributed by atoms with E-state index in [9.17, 15) is 14.4 Å². The minimum Gasteiger partial charge on any atom is -0.497 e. The first-order valence-electron chi connectivity index (χ1n) is 11.3. The average Bonchev–Trinajstić information content (AvgIpc) is 3.41. The van der Waals surface area contributed by atoms with Gasteiger partial charge in [0.05, 0.1) is 51.6 Å². The van der Waals surface area contributed by atoms with E-state index in [1.54, 1.807) is 43.1 Å². The SMILES string of the molecule is COc1cc(Br)c2ccc(=O)n(CC3OCCO3)c2c1.COc1cc(Br)c2ccc(=O)n(CC=O)c2c1. The first-order valence-corrected chi connectivity index (χ1v) is 12.9. The lowest BCUT2D eigenvalue weighted by Crippen LogP contribution is -2.27. The van der Waals surface area contributed by atoms with Crippen LogP contribution in [-0.2, 0) is 27.4 Å². The molecule has 0 atom stereocenters. The third kappa shape index (κ3) is 5.96. The summed E-state index contributed by atoms with van der Waals surface area (Å²) in [4.78, 5) is 34.4. The molecule has 37 heavy (non-hydrogen) atoms. The first kappa shape index (κ1) is 27.1. The summed E-state index contributed by atoms with van der Waals surface area (Å²) >= 11 is 6.92. The summed E-state index contributed by atoms with van der Waals surface area (Å²) in [6.45, 7) is 1.54. The van der Waals surface area contributed by atoms with Gasteiger partial charge < -0.3 is 32.9 Å². The van der Waals surface area contributed by atoms with Gasteiger partial charge in [-0.25, -0.2) is 0 Å². The van der Waals surface area contributed by atoms with Crippen molar-refractivity contribution in [3.05, 3.63) is 78.2 Å². The second-order valence-electron chi connectivity index (χ2n) is 7.99. The van der Waals surface area contributed by atoms with Crippen LogP contribution >= 0.6 is 31.9 Å². The Morgan fingerprint density at radius 2 is 1.32 bits per heavy atom. The second-order valence-corrected chi connectivity index (χ2v) is 9.69. The monoisotopic (exact) mass is 634 g/mol. The quantitative estimate of drug-likeness (QED) is 0.294. The zero-order chi connectivity index (χ0) is 26.5. The summed E-state index contributed by atoms with van der Waals surface area (Å²) in [7, 11) is 3.15. The number of fused-ring (bicyclic) bond motifs is 2. The molecule has 2 aromatic heterocycles. The fourth-order valence-corrected chi connectivity index (χ4v) is 5.13. The number of methoxy groups -OCH3 is 2. The summed E-state index contributed by atoms with van der Waals surface area (Å²) in [5.74, 6) is 1.33. The smallest absolute Gasteiger partial charge is 0.251 e. The van der Waals surface area contributed by atoms with Crippen molar-refractivity contribution in [1.82, 2.24) is 9.13 Å². The molecule has 4 aromatic rings. The highest BCUT2D eigenvalue weighted by Gasteiger charge is 2.19. The predicted molar refractivity (Wildman–Crippen MR) is 147 cm³/mol. The molecule has 0 N–H and O–H groups in total. The number of pyridine rings is 2. The van der Waals surface area contributed by atoms with Crippen molar-refractivity contribution in [2.45, 2.75) is 19.4 Å². The third-order valence-electron chi connectivity index (χ3n) is 5.81. The van der Waals surface area contributed by atoms with E-state index in [0.29, 0.717) is 43.1 Å². The molecule has 2 aromatic carbocycles. The lowest BCUT2D eigenvalue weighted by Gasteiger charge is -2.15. The summed E-state index contributed by atoms with van der Waals surface area (Å²) in [5.41, 5.74) is 1.18. The molecule has 1 fully saturated rings. The van der Waals surface area contributed by atoms with E-state index in [0.717, 1.165) is 25.2 Å². The molecule has 11 heteroatoms. The molecule has 0 bridgehead atoms. The van der Waals surface area contributed by atoms with E-state index in [2.05, 4.69) is 31.9 Å². The van der Waals surface area contributed by atoms with Gasteiger partial charge in [-0.3, -0.25) is 9.59 Å². The number of benzene rings is 2. The Labute approximate surface area is 228 Å². The number of hydrogen-bond acceptors (Lipinski definition) is 7. The van der Waals surface area contributed by atoms with Crippen LogP contribution in [0.15, 0.2) is 67.1 Å². The van der Waals surface area contributed by atoms with Gasteiger partial charge in [-0.1, -0.05) is 0 Å². The molecule has 1 aliphatic rings. The highest BCUT2D eigenvalue weighted by molar-refractivity contribution is 9.11. The number of ether oxygens (including phenoxy) is 4. The minimum atomic E-state index is -0.372. The fourth-order valence-electron chi connectivity index (χ4n) is 4.01. The second kappa shape index (κ2) is 12.0. The van der Waals surface area contributed by atoms with Crippen LogP contribution in [0, 0.1) is 0 Å². The number of rotatable bonds is 6. The molecular formula is C26H24Br2N2O7. The number of carbonyl (C=O) groups is 1. The zero-order valence-corrected chi connectivity index (χ0v) is 23.3. The van der Waals surface area contributed by atoms with E-state index in [1.807, 2.05) is 18.2 Å². The van der Waals surface area contributed by atoms with Crippen molar-refractivity contribution >= 4 is 60.0 Å². The predicted octanol–water partition coefficient (Wildman–Crippen LogP) is 4.12. The van der Waals surface area contributed by atoms with Gasteiger partial charge in [0, 0.05) is 44.0 Å². The molecule has 5 rings (SSSR count). The lowest BCUT2D eigenvalue weighted by atomic mass is 10.2. The van der Waals surface area contributed by atoms with Crippen LogP contribution in [0.4, 0.5) is 0 Å². The maximum Gasteiger partial charge on any atom is 0.251 e. The van der Waals surface area contributed by atoms with E-state index in [4.69, 9.17) is 18.9 Å². The van der Waals surface area contributed by atoms with Gasteiger partial charge in [-0.2, -0.15) is 0 Å². The maximum atomic E-state index is 12.1. The Balaban J connectivity index is 0.000000176. The number of aromatic nitrogens is 2. The number of aldehydes is 1. The van der Waals surface area contributed by atoms with Crippen molar-refractivity contribution < 1.29 is 23.7 Å². The molecule has 1 saturated heterocycles. The van der Waals surface area contributed by atoms with Gasteiger partial charge in [0.2, 0.25) is 0 Å². The van der Waals surface area contributed by atoms with Gasteiger partial charge in [-0.05, 0) is 56.1 Å². The van der Waals surface area contributed by atoms with Crippen LogP contribution in [0.2, 0.25) is 0 Å². The maximum absolute atomic E-state index is 12.1. The number of carbonyl (C=O) groups excluding carboxylic acids is 1. The Kier molecular flexibility index (Phi) is 8.80. The van der Waals surface area contributed by atoms with Crippen molar-refractivity contribution in [3.63, 3.8) is 0 Å². The Hall–Kier alpha value is -2.99. The standard InChI is InChI=1S/C14H14BrNO4.C12H10BrNO3/c1-18-9-6-11(15)10-2-3-13(17)16(12(10)7-9)8-14-19-4-5-20-14;1-17-8-6-10(13)9-2-3-12(16)14(4-5-15)11(9)7-8/h2-3,6-7,14H,4-5,8H2,1H3;2-3,5-7H,4H2,1H3.